The lowest BCUT2D eigenvalue weighted by Crippen LogP contribution is -2.20. The largest absolute Gasteiger partial charge is 0.466 e. The van der Waals surface area contributed by atoms with Crippen LogP contribution in [0, 0.1) is 12.8 Å². The number of methoxy groups -OCH3 is 1. The second-order valence-electron chi connectivity index (χ2n) is 7.17. The molecule has 2 aromatic carbocycles. The number of hydrogen-bond donors (Lipinski definition) is 1. The summed E-state index contributed by atoms with van der Waals surface area (Å²) in [6, 6.07) is 16.0. The van der Waals surface area contributed by atoms with Crippen LogP contribution in [-0.2, 0) is 4.79 Å². The first-order valence-electron chi connectivity index (χ1n) is 9.64. The predicted molar refractivity (Wildman–Crippen MR) is 109 cm³/mol. The number of benzene rings is 2. The van der Waals surface area contributed by atoms with Crippen molar-refractivity contribution in [3.63, 3.8) is 0 Å². The molecule has 1 fully saturated rings. The quantitative estimate of drug-likeness (QED) is 0.717. The SMILES string of the molecule is COc1nc(-c2ccccc2C)n(-c2ccc(NC(=O)C3CCCC3)cc2)n1. The molecule has 1 saturated carbocycles. The zero-order valence-corrected chi connectivity index (χ0v) is 16.2. The highest BCUT2D eigenvalue weighted by Crippen LogP contribution is 2.28. The summed E-state index contributed by atoms with van der Waals surface area (Å²) >= 11 is 0. The fraction of sp³-hybridized carbons (Fsp3) is 0.318. The Bertz CT molecular complexity index is 972. The maximum atomic E-state index is 12.3. The van der Waals surface area contributed by atoms with Crippen LogP contribution in [0.4, 0.5) is 5.69 Å². The molecule has 0 radical (unpaired) electrons. The summed E-state index contributed by atoms with van der Waals surface area (Å²) in [5, 5.41) is 7.49. The number of amides is 1. The fourth-order valence-corrected chi connectivity index (χ4v) is 3.68. The molecule has 0 atom stereocenters. The van der Waals surface area contributed by atoms with Crippen LogP contribution in [0.3, 0.4) is 0 Å². The van der Waals surface area contributed by atoms with Crippen molar-refractivity contribution in [2.45, 2.75) is 32.6 Å². The number of carbonyl (C=O) groups excluding carboxylic acids is 1. The topological polar surface area (TPSA) is 69.0 Å². The van der Waals surface area contributed by atoms with Gasteiger partial charge in [0.2, 0.25) is 5.91 Å². The van der Waals surface area contributed by atoms with Crippen LogP contribution < -0.4 is 10.1 Å². The van der Waals surface area contributed by atoms with Gasteiger partial charge >= 0.3 is 6.01 Å². The van der Waals surface area contributed by atoms with Gasteiger partial charge in [0.25, 0.3) is 0 Å². The molecule has 0 bridgehead atoms. The minimum atomic E-state index is 0.119. The van der Waals surface area contributed by atoms with E-state index in [9.17, 15) is 4.79 Å². The molecule has 1 aromatic heterocycles. The van der Waals surface area contributed by atoms with Gasteiger partial charge in [0.1, 0.15) is 0 Å². The van der Waals surface area contributed by atoms with Gasteiger partial charge in [-0.15, -0.1) is 5.10 Å². The second-order valence-corrected chi connectivity index (χ2v) is 7.17. The van der Waals surface area contributed by atoms with Crippen molar-refractivity contribution in [3.8, 4) is 23.1 Å². The van der Waals surface area contributed by atoms with Gasteiger partial charge in [0.05, 0.1) is 12.8 Å². The summed E-state index contributed by atoms with van der Waals surface area (Å²) in [6.45, 7) is 2.04. The van der Waals surface area contributed by atoms with Crippen molar-refractivity contribution < 1.29 is 9.53 Å². The molecule has 0 unspecified atom stereocenters. The highest BCUT2D eigenvalue weighted by atomic mass is 16.5. The molecule has 6 heteroatoms. The molecule has 1 heterocycles. The molecule has 6 nitrogen and oxygen atoms in total. The minimum absolute atomic E-state index is 0.119. The molecular weight excluding hydrogens is 352 g/mol. The molecule has 4 rings (SSSR count). The molecule has 1 aliphatic carbocycles. The first-order valence-corrected chi connectivity index (χ1v) is 9.64. The highest BCUT2D eigenvalue weighted by molar-refractivity contribution is 5.92. The van der Waals surface area contributed by atoms with Gasteiger partial charge in [0.15, 0.2) is 5.82 Å². The molecule has 1 N–H and O–H groups in total. The van der Waals surface area contributed by atoms with Gasteiger partial charge in [-0.25, -0.2) is 4.68 Å². The predicted octanol–water partition coefficient (Wildman–Crippen LogP) is 4.38. The summed E-state index contributed by atoms with van der Waals surface area (Å²) in [5.41, 5.74) is 3.76. The van der Waals surface area contributed by atoms with Crippen LogP contribution in [0.2, 0.25) is 0 Å². The average molecular weight is 376 g/mol. The van der Waals surface area contributed by atoms with Gasteiger partial charge in [0, 0.05) is 17.2 Å². The van der Waals surface area contributed by atoms with Crippen molar-refractivity contribution in [1.82, 2.24) is 14.8 Å². The maximum Gasteiger partial charge on any atom is 0.336 e. The Morgan fingerprint density at radius 1 is 1.11 bits per heavy atom. The lowest BCUT2D eigenvalue weighted by molar-refractivity contribution is -0.119. The maximum absolute atomic E-state index is 12.3. The summed E-state index contributed by atoms with van der Waals surface area (Å²) in [5.74, 6) is 0.984. The summed E-state index contributed by atoms with van der Waals surface area (Å²) in [4.78, 5) is 16.9. The summed E-state index contributed by atoms with van der Waals surface area (Å²) in [6.07, 6.45) is 4.27. The number of rotatable bonds is 5. The van der Waals surface area contributed by atoms with Gasteiger partial charge in [-0.3, -0.25) is 4.79 Å². The van der Waals surface area contributed by atoms with E-state index in [1.165, 1.54) is 0 Å². The molecule has 144 valence electrons. The van der Waals surface area contributed by atoms with E-state index in [0.29, 0.717) is 6.01 Å². The number of nitrogens with one attached hydrogen (secondary N) is 1. The number of hydrogen-bond acceptors (Lipinski definition) is 4. The molecule has 0 saturated heterocycles. The Hall–Kier alpha value is -3.15. The average Bonchev–Trinajstić information content (AvgIpc) is 3.39. The van der Waals surface area contributed by atoms with Crippen LogP contribution in [0.15, 0.2) is 48.5 Å². The summed E-state index contributed by atoms with van der Waals surface area (Å²) in [7, 11) is 1.56. The van der Waals surface area contributed by atoms with Crippen LogP contribution in [0.1, 0.15) is 31.2 Å². The van der Waals surface area contributed by atoms with Crippen molar-refractivity contribution in [1.29, 1.82) is 0 Å². The Morgan fingerprint density at radius 3 is 2.50 bits per heavy atom. The number of aromatic nitrogens is 3. The zero-order chi connectivity index (χ0) is 19.5. The second kappa shape index (κ2) is 7.84. The van der Waals surface area contributed by atoms with Crippen LogP contribution >= 0.6 is 0 Å². The summed E-state index contributed by atoms with van der Waals surface area (Å²) < 4.78 is 7.02. The van der Waals surface area contributed by atoms with E-state index in [1.54, 1.807) is 11.8 Å². The van der Waals surface area contributed by atoms with E-state index in [2.05, 4.69) is 15.4 Å². The van der Waals surface area contributed by atoms with Crippen molar-refractivity contribution in [2.75, 3.05) is 12.4 Å². The lowest BCUT2D eigenvalue weighted by Gasteiger charge is -2.12. The van der Waals surface area contributed by atoms with Crippen LogP contribution in [-0.4, -0.2) is 27.8 Å². The Balaban J connectivity index is 1.61. The molecule has 28 heavy (non-hydrogen) atoms. The lowest BCUT2D eigenvalue weighted by atomic mass is 10.1. The van der Waals surface area contributed by atoms with E-state index < -0.39 is 0 Å². The highest BCUT2D eigenvalue weighted by Gasteiger charge is 2.22. The normalized spacial score (nSPS) is 14.2. The van der Waals surface area contributed by atoms with Gasteiger partial charge in [-0.1, -0.05) is 37.1 Å². The standard InChI is InChI=1S/C22H24N4O2/c1-15-7-3-6-10-19(15)20-24-22(28-2)25-26(20)18-13-11-17(12-14-18)23-21(27)16-8-4-5-9-16/h3,6-7,10-14,16H,4-5,8-9H2,1-2H3,(H,23,27). The molecular formula is C22H24N4O2. The number of aryl methyl sites for hydroxylation is 1. The monoisotopic (exact) mass is 376 g/mol. The number of nitrogens with zero attached hydrogens (tertiary/aromatic N) is 3. The van der Waals surface area contributed by atoms with Crippen molar-refractivity contribution in [3.05, 3.63) is 54.1 Å². The first-order chi connectivity index (χ1) is 13.7. The van der Waals surface area contributed by atoms with E-state index in [-0.39, 0.29) is 11.8 Å². The third kappa shape index (κ3) is 3.63. The molecule has 0 spiro atoms. The van der Waals surface area contributed by atoms with Gasteiger partial charge in [-0.05, 0) is 49.6 Å². The fourth-order valence-electron chi connectivity index (χ4n) is 3.68. The Kier molecular flexibility index (Phi) is 5.10. The van der Waals surface area contributed by atoms with Crippen LogP contribution in [0.25, 0.3) is 17.1 Å². The van der Waals surface area contributed by atoms with Crippen molar-refractivity contribution >= 4 is 11.6 Å². The number of ether oxygens (including phenoxy) is 1. The number of carbonyl (C=O) groups is 1. The smallest absolute Gasteiger partial charge is 0.336 e. The molecule has 3 aromatic rings. The Morgan fingerprint density at radius 2 is 1.82 bits per heavy atom. The first kappa shape index (κ1) is 18.2. The molecule has 1 aliphatic rings. The third-order valence-corrected chi connectivity index (χ3v) is 5.26. The van der Waals surface area contributed by atoms with E-state index in [0.717, 1.165) is 54.0 Å². The van der Waals surface area contributed by atoms with Gasteiger partial charge < -0.3 is 10.1 Å². The van der Waals surface area contributed by atoms with Crippen LogP contribution in [0.5, 0.6) is 6.01 Å². The van der Waals surface area contributed by atoms with Crippen molar-refractivity contribution in [2.24, 2.45) is 5.92 Å². The minimum Gasteiger partial charge on any atom is -0.466 e. The third-order valence-electron chi connectivity index (χ3n) is 5.26. The molecule has 1 amide bonds. The Labute approximate surface area is 164 Å². The zero-order valence-electron chi connectivity index (χ0n) is 16.2. The van der Waals surface area contributed by atoms with E-state index in [1.807, 2.05) is 55.5 Å². The number of anilines is 1. The molecule has 0 aliphatic heterocycles. The van der Waals surface area contributed by atoms with Gasteiger partial charge in [-0.2, -0.15) is 4.98 Å². The van der Waals surface area contributed by atoms with E-state index in [4.69, 9.17) is 4.74 Å². The van der Waals surface area contributed by atoms with E-state index >= 15 is 0 Å².